The van der Waals surface area contributed by atoms with Crippen LogP contribution in [0.4, 0.5) is 0 Å². The molecule has 0 aliphatic heterocycles. The van der Waals surface area contributed by atoms with Gasteiger partial charge in [0, 0.05) is 11.5 Å². The van der Waals surface area contributed by atoms with Crippen LogP contribution in [0, 0.1) is 11.3 Å². The third kappa shape index (κ3) is 2.50. The highest BCUT2D eigenvalue weighted by molar-refractivity contribution is 5.57. The highest BCUT2D eigenvalue weighted by atomic mass is 15.2. The molecular weight excluding hydrogens is 236 g/mol. The van der Waals surface area contributed by atoms with E-state index in [4.69, 9.17) is 5.26 Å². The van der Waals surface area contributed by atoms with Crippen molar-refractivity contribution in [1.29, 1.82) is 5.26 Å². The zero-order valence-electron chi connectivity index (χ0n) is 10.8. The summed E-state index contributed by atoms with van der Waals surface area (Å²) in [6.07, 6.45) is 6.30. The summed E-state index contributed by atoms with van der Waals surface area (Å²) < 4.78 is 0. The Labute approximate surface area is 112 Å². The molecule has 1 fully saturated rings. The van der Waals surface area contributed by atoms with Gasteiger partial charge in [-0.2, -0.15) is 10.4 Å². The van der Waals surface area contributed by atoms with E-state index in [2.05, 4.69) is 21.3 Å². The van der Waals surface area contributed by atoms with Gasteiger partial charge in [-0.25, -0.2) is 4.98 Å². The number of benzene rings is 1. The van der Waals surface area contributed by atoms with E-state index in [0.29, 0.717) is 17.3 Å². The van der Waals surface area contributed by atoms with Crippen LogP contribution in [0.2, 0.25) is 0 Å². The molecule has 1 aliphatic carbocycles. The van der Waals surface area contributed by atoms with E-state index in [0.717, 1.165) is 11.4 Å². The lowest BCUT2D eigenvalue weighted by Gasteiger charge is -2.18. The van der Waals surface area contributed by atoms with Gasteiger partial charge in [0.2, 0.25) is 0 Å². The van der Waals surface area contributed by atoms with Gasteiger partial charge < -0.3 is 0 Å². The largest absolute Gasteiger partial charge is 0.262 e. The molecule has 0 saturated heterocycles. The molecular formula is C15H16N4. The van der Waals surface area contributed by atoms with Crippen molar-refractivity contribution in [2.45, 2.75) is 38.0 Å². The summed E-state index contributed by atoms with van der Waals surface area (Å²) in [6, 6.07) is 9.56. The summed E-state index contributed by atoms with van der Waals surface area (Å²) in [5.74, 6) is 2.21. The van der Waals surface area contributed by atoms with Crippen LogP contribution in [0.15, 0.2) is 24.3 Å². The number of nitrogens with one attached hydrogen (secondary N) is 1. The van der Waals surface area contributed by atoms with Gasteiger partial charge in [0.25, 0.3) is 0 Å². The Morgan fingerprint density at radius 3 is 2.84 bits per heavy atom. The van der Waals surface area contributed by atoms with Crippen LogP contribution in [0.25, 0.3) is 11.4 Å². The number of hydrogen-bond acceptors (Lipinski definition) is 3. The maximum Gasteiger partial charge on any atom is 0.181 e. The molecule has 1 heterocycles. The summed E-state index contributed by atoms with van der Waals surface area (Å²) in [5.41, 5.74) is 1.54. The van der Waals surface area contributed by atoms with E-state index in [1.165, 1.54) is 32.1 Å². The van der Waals surface area contributed by atoms with Crippen LogP contribution in [-0.2, 0) is 0 Å². The Hall–Kier alpha value is -2.15. The fourth-order valence-electron chi connectivity index (χ4n) is 2.69. The van der Waals surface area contributed by atoms with Gasteiger partial charge in [-0.05, 0) is 25.0 Å². The van der Waals surface area contributed by atoms with Gasteiger partial charge in [-0.1, -0.05) is 31.4 Å². The number of rotatable bonds is 2. The highest BCUT2D eigenvalue weighted by Gasteiger charge is 2.19. The number of nitriles is 1. The monoisotopic (exact) mass is 252 g/mol. The van der Waals surface area contributed by atoms with Crippen LogP contribution in [0.3, 0.4) is 0 Å². The van der Waals surface area contributed by atoms with Crippen molar-refractivity contribution < 1.29 is 0 Å². The van der Waals surface area contributed by atoms with Crippen molar-refractivity contribution in [3.8, 4) is 17.5 Å². The first kappa shape index (κ1) is 11.9. The number of H-pyrrole nitrogens is 1. The summed E-state index contributed by atoms with van der Waals surface area (Å²) in [5, 5.41) is 16.3. The molecule has 1 aromatic heterocycles. The van der Waals surface area contributed by atoms with Gasteiger partial charge >= 0.3 is 0 Å². The van der Waals surface area contributed by atoms with Gasteiger partial charge in [-0.15, -0.1) is 0 Å². The van der Waals surface area contributed by atoms with Crippen molar-refractivity contribution in [3.05, 3.63) is 35.7 Å². The van der Waals surface area contributed by atoms with Crippen molar-refractivity contribution >= 4 is 0 Å². The van der Waals surface area contributed by atoms with Gasteiger partial charge in [0.1, 0.15) is 5.82 Å². The van der Waals surface area contributed by atoms with Crippen LogP contribution in [0.1, 0.15) is 49.4 Å². The summed E-state index contributed by atoms with van der Waals surface area (Å²) in [6.45, 7) is 0. The van der Waals surface area contributed by atoms with E-state index in [1.54, 1.807) is 6.07 Å². The predicted octanol–water partition coefficient (Wildman–Crippen LogP) is 3.39. The molecule has 0 unspecified atom stereocenters. The van der Waals surface area contributed by atoms with Crippen LogP contribution in [-0.4, -0.2) is 15.2 Å². The Kier molecular flexibility index (Phi) is 3.28. The standard InChI is InChI=1S/C15H16N4/c16-10-11-5-4-8-13(9-11)15-17-14(18-19-15)12-6-2-1-3-7-12/h4-5,8-9,12H,1-3,6-7H2,(H,17,18,19). The lowest BCUT2D eigenvalue weighted by molar-refractivity contribution is 0.429. The van der Waals surface area contributed by atoms with Gasteiger partial charge in [0.05, 0.1) is 11.6 Å². The molecule has 0 radical (unpaired) electrons. The first-order chi connectivity index (χ1) is 9.36. The molecule has 0 atom stereocenters. The molecule has 0 bridgehead atoms. The Bertz CT molecular complexity index is 603. The van der Waals surface area contributed by atoms with E-state index < -0.39 is 0 Å². The smallest absolute Gasteiger partial charge is 0.181 e. The molecule has 4 nitrogen and oxygen atoms in total. The van der Waals surface area contributed by atoms with Crippen molar-refractivity contribution in [2.24, 2.45) is 0 Å². The van der Waals surface area contributed by atoms with E-state index in [-0.39, 0.29) is 0 Å². The average Bonchev–Trinajstić information content (AvgIpc) is 2.98. The Balaban J connectivity index is 1.86. The molecule has 0 amide bonds. The first-order valence-corrected chi connectivity index (χ1v) is 6.79. The fraction of sp³-hybridized carbons (Fsp3) is 0.400. The Morgan fingerprint density at radius 1 is 1.21 bits per heavy atom. The van der Waals surface area contributed by atoms with E-state index >= 15 is 0 Å². The van der Waals surface area contributed by atoms with Crippen molar-refractivity contribution in [1.82, 2.24) is 15.2 Å². The zero-order chi connectivity index (χ0) is 13.1. The maximum absolute atomic E-state index is 8.92. The lowest BCUT2D eigenvalue weighted by atomic mass is 9.89. The van der Waals surface area contributed by atoms with E-state index in [1.807, 2.05) is 18.2 Å². The minimum absolute atomic E-state index is 0.522. The SMILES string of the molecule is N#Cc1cccc(-c2n[nH]c(C3CCCCC3)n2)c1. The van der Waals surface area contributed by atoms with Crippen molar-refractivity contribution in [2.75, 3.05) is 0 Å². The molecule has 1 aliphatic rings. The van der Waals surface area contributed by atoms with Crippen LogP contribution < -0.4 is 0 Å². The molecule has 1 saturated carbocycles. The molecule has 96 valence electrons. The van der Waals surface area contributed by atoms with Crippen LogP contribution >= 0.6 is 0 Å². The average molecular weight is 252 g/mol. The molecule has 3 rings (SSSR count). The van der Waals surface area contributed by atoms with E-state index in [9.17, 15) is 0 Å². The summed E-state index contributed by atoms with van der Waals surface area (Å²) in [7, 11) is 0. The highest BCUT2D eigenvalue weighted by Crippen LogP contribution is 2.31. The van der Waals surface area contributed by atoms with Crippen molar-refractivity contribution in [3.63, 3.8) is 0 Å². The third-order valence-electron chi connectivity index (χ3n) is 3.74. The molecule has 1 aromatic carbocycles. The lowest BCUT2D eigenvalue weighted by Crippen LogP contribution is -2.06. The summed E-state index contributed by atoms with van der Waals surface area (Å²) >= 11 is 0. The zero-order valence-corrected chi connectivity index (χ0v) is 10.8. The molecule has 19 heavy (non-hydrogen) atoms. The first-order valence-electron chi connectivity index (χ1n) is 6.79. The second-order valence-corrected chi connectivity index (χ2v) is 5.07. The number of hydrogen-bond donors (Lipinski definition) is 1. The quantitative estimate of drug-likeness (QED) is 0.890. The molecule has 1 N–H and O–H groups in total. The fourth-order valence-corrected chi connectivity index (χ4v) is 2.69. The topological polar surface area (TPSA) is 65.4 Å². The van der Waals surface area contributed by atoms with Gasteiger partial charge in [-0.3, -0.25) is 5.10 Å². The normalized spacial score (nSPS) is 16.2. The predicted molar refractivity (Wildman–Crippen MR) is 72.4 cm³/mol. The Morgan fingerprint density at radius 2 is 2.05 bits per heavy atom. The van der Waals surface area contributed by atoms with Crippen LogP contribution in [0.5, 0.6) is 0 Å². The number of aromatic amines is 1. The summed E-state index contributed by atoms with van der Waals surface area (Å²) in [4.78, 5) is 4.60. The number of aromatic nitrogens is 3. The third-order valence-corrected chi connectivity index (χ3v) is 3.74. The molecule has 2 aromatic rings. The second kappa shape index (κ2) is 5.23. The van der Waals surface area contributed by atoms with Gasteiger partial charge in [0.15, 0.2) is 5.82 Å². The minimum Gasteiger partial charge on any atom is -0.262 e. The number of nitrogens with zero attached hydrogens (tertiary/aromatic N) is 3. The maximum atomic E-state index is 8.92. The molecule has 4 heteroatoms. The second-order valence-electron chi connectivity index (χ2n) is 5.07. The molecule has 0 spiro atoms. The minimum atomic E-state index is 0.522.